The highest BCUT2D eigenvalue weighted by Gasteiger charge is 2.83. The summed E-state index contributed by atoms with van der Waals surface area (Å²) in [6.45, 7) is 7.48. The van der Waals surface area contributed by atoms with Gasteiger partial charge in [-0.25, -0.2) is 9.59 Å². The molecule has 11 aliphatic rings. The van der Waals surface area contributed by atoms with Crippen LogP contribution in [-0.4, -0.2) is 94.1 Å². The van der Waals surface area contributed by atoms with E-state index in [2.05, 4.69) is 57.0 Å². The number of cyclic esters (lactones) is 1. The Kier molecular flexibility index (Phi) is 7.17. The van der Waals surface area contributed by atoms with Gasteiger partial charge in [0.2, 0.25) is 0 Å². The number of carbonyl (C=O) groups is 2. The molecule has 9 fully saturated rings. The standard InChI is InChI=1S/C45H61N2O7/c1-5-27-28-20-34-39-44(32-8-6-7-9-33(32)46(39)4)21-35(38(28)40(44)50)47(34,41(27)51)22-37(49)54-26-12-15-42(2)25(19-26)10-11-31-30(42)13-16-43(3)29(14-17-45(31,43)52)24-18-36(48)53-23-24/h6-9,18,25-31,34-35,38-41,50-52H,5,10-17,19-23H2,1-4H3/q+1/t25-,26-,27+,28+,29-,30+,31-,34-,35-,38+,39+,40-,41+,42-,43+,44-,45-,47-/m0/s1. The number of para-hydroxylation sites is 1. The zero-order chi connectivity index (χ0) is 37.3. The van der Waals surface area contributed by atoms with Gasteiger partial charge in [0, 0.05) is 48.9 Å². The summed E-state index contributed by atoms with van der Waals surface area (Å²) >= 11 is 0. The van der Waals surface area contributed by atoms with Gasteiger partial charge in [-0.05, 0) is 116 Å². The number of aliphatic hydroxyl groups is 3. The summed E-state index contributed by atoms with van der Waals surface area (Å²) in [5, 5.41) is 37.5. The molecule has 12 rings (SSSR count). The number of piperidine rings is 4. The molecule has 6 aliphatic heterocycles. The highest BCUT2D eigenvalue weighted by molar-refractivity contribution is 5.85. The van der Waals surface area contributed by atoms with Gasteiger partial charge in [-0.3, -0.25) is 4.48 Å². The number of likely N-dealkylation sites (N-methyl/N-ethyl adjacent to an activating group) is 1. The van der Waals surface area contributed by atoms with E-state index < -0.39 is 17.9 Å². The van der Waals surface area contributed by atoms with Crippen molar-refractivity contribution in [1.82, 2.24) is 0 Å². The normalized spacial score (nSPS) is 54.4. The van der Waals surface area contributed by atoms with Crippen molar-refractivity contribution in [2.45, 2.75) is 145 Å². The molecule has 5 bridgehead atoms. The van der Waals surface area contributed by atoms with E-state index in [0.717, 1.165) is 82.6 Å². The number of esters is 2. The third-order valence-corrected chi connectivity index (χ3v) is 19.8. The maximum absolute atomic E-state index is 14.5. The number of nitrogens with zero attached hydrogens (tertiary/aromatic N) is 2. The van der Waals surface area contributed by atoms with Gasteiger partial charge in [0.1, 0.15) is 18.8 Å². The number of ether oxygens (including phenoxy) is 2. The zero-order valence-electron chi connectivity index (χ0n) is 32.7. The first-order valence-corrected chi connectivity index (χ1v) is 21.7. The summed E-state index contributed by atoms with van der Waals surface area (Å²) in [4.78, 5) is 28.8. The maximum atomic E-state index is 14.5. The van der Waals surface area contributed by atoms with Crippen molar-refractivity contribution < 1.29 is 38.9 Å². The fourth-order valence-corrected chi connectivity index (χ4v) is 17.6. The van der Waals surface area contributed by atoms with Crippen LogP contribution in [0.2, 0.25) is 0 Å². The number of benzene rings is 1. The van der Waals surface area contributed by atoms with Crippen molar-refractivity contribution in [3.05, 3.63) is 41.5 Å². The lowest BCUT2D eigenvalue weighted by Gasteiger charge is -2.67. The van der Waals surface area contributed by atoms with Crippen LogP contribution in [0.3, 0.4) is 0 Å². The van der Waals surface area contributed by atoms with Crippen molar-refractivity contribution in [1.29, 1.82) is 0 Å². The van der Waals surface area contributed by atoms with Crippen molar-refractivity contribution in [3.63, 3.8) is 0 Å². The van der Waals surface area contributed by atoms with Crippen LogP contribution in [0.1, 0.15) is 103 Å². The molecule has 1 aromatic carbocycles. The summed E-state index contributed by atoms with van der Waals surface area (Å²) in [6, 6.07) is 8.74. The third-order valence-electron chi connectivity index (χ3n) is 19.8. The van der Waals surface area contributed by atoms with Crippen molar-refractivity contribution >= 4 is 17.6 Å². The summed E-state index contributed by atoms with van der Waals surface area (Å²) < 4.78 is 12.3. The number of quaternary nitrogens is 1. The van der Waals surface area contributed by atoms with Crippen LogP contribution < -0.4 is 4.90 Å². The quantitative estimate of drug-likeness (QED) is 0.278. The molecule has 0 amide bonds. The molecule has 5 aliphatic carbocycles. The molecule has 9 heteroatoms. The van der Waals surface area contributed by atoms with E-state index in [1.807, 2.05) is 0 Å². The van der Waals surface area contributed by atoms with Crippen LogP contribution in [0, 0.1) is 52.3 Å². The van der Waals surface area contributed by atoms with Crippen LogP contribution in [0.4, 0.5) is 5.69 Å². The number of anilines is 1. The highest BCUT2D eigenvalue weighted by Crippen LogP contribution is 2.73. The Morgan fingerprint density at radius 2 is 1.83 bits per heavy atom. The first-order chi connectivity index (χ1) is 25.8. The van der Waals surface area contributed by atoms with Gasteiger partial charge >= 0.3 is 11.9 Å². The molecule has 3 N–H and O–H groups in total. The molecule has 4 saturated heterocycles. The van der Waals surface area contributed by atoms with Gasteiger partial charge in [-0.2, -0.15) is 0 Å². The molecule has 18 atom stereocenters. The summed E-state index contributed by atoms with van der Waals surface area (Å²) in [5.74, 6) is 1.32. The summed E-state index contributed by atoms with van der Waals surface area (Å²) in [5.41, 5.74) is 2.28. The Morgan fingerprint density at radius 3 is 2.61 bits per heavy atom. The van der Waals surface area contributed by atoms with E-state index in [-0.39, 0.29) is 88.5 Å². The summed E-state index contributed by atoms with van der Waals surface area (Å²) in [7, 11) is 2.17. The van der Waals surface area contributed by atoms with Gasteiger partial charge in [0.15, 0.2) is 12.8 Å². The second-order valence-corrected chi connectivity index (χ2v) is 20.7. The van der Waals surface area contributed by atoms with E-state index in [1.54, 1.807) is 6.08 Å². The monoisotopic (exact) mass is 741 g/mol. The Morgan fingerprint density at radius 1 is 1.02 bits per heavy atom. The third kappa shape index (κ3) is 3.88. The smallest absolute Gasteiger partial charge is 0.362 e. The van der Waals surface area contributed by atoms with Crippen molar-refractivity contribution in [2.75, 3.05) is 25.1 Å². The Labute approximate surface area is 320 Å². The van der Waals surface area contributed by atoms with E-state index in [9.17, 15) is 24.9 Å². The van der Waals surface area contributed by atoms with Gasteiger partial charge in [-0.1, -0.05) is 39.0 Å². The van der Waals surface area contributed by atoms with Crippen LogP contribution in [-0.2, 0) is 24.5 Å². The lowest BCUT2D eigenvalue weighted by Crippen LogP contribution is -2.83. The molecule has 54 heavy (non-hydrogen) atoms. The molecule has 0 aromatic heterocycles. The second-order valence-electron chi connectivity index (χ2n) is 20.7. The molecule has 292 valence electrons. The van der Waals surface area contributed by atoms with Crippen molar-refractivity contribution in [3.8, 4) is 0 Å². The Balaban J connectivity index is 0.829. The molecule has 1 spiro atoms. The first kappa shape index (κ1) is 34.8. The number of hydrogen-bond acceptors (Lipinski definition) is 8. The molecule has 1 aromatic rings. The van der Waals surface area contributed by atoms with E-state index in [1.165, 1.54) is 11.3 Å². The number of hydrogen-bond donors (Lipinski definition) is 3. The molecule has 6 heterocycles. The average Bonchev–Trinajstić information content (AvgIpc) is 3.83. The molecular weight excluding hydrogens is 681 g/mol. The second kappa shape index (κ2) is 11.1. The van der Waals surface area contributed by atoms with E-state index in [4.69, 9.17) is 9.47 Å². The minimum absolute atomic E-state index is 0.0370. The lowest BCUT2D eigenvalue weighted by atomic mass is 9.43. The van der Waals surface area contributed by atoms with Gasteiger partial charge in [-0.15, -0.1) is 0 Å². The van der Waals surface area contributed by atoms with Crippen molar-refractivity contribution in [2.24, 2.45) is 52.3 Å². The van der Waals surface area contributed by atoms with Crippen LogP contribution in [0.15, 0.2) is 35.9 Å². The fraction of sp³-hybridized carbons (Fsp3) is 0.778. The molecule has 5 saturated carbocycles. The molecule has 0 unspecified atom stereocenters. The van der Waals surface area contributed by atoms with Crippen LogP contribution >= 0.6 is 0 Å². The largest absolute Gasteiger partial charge is 0.458 e. The number of carbonyl (C=O) groups excluding carboxylic acids is 2. The maximum Gasteiger partial charge on any atom is 0.362 e. The number of rotatable bonds is 5. The number of fused-ring (bicyclic) bond motifs is 7. The first-order valence-electron chi connectivity index (χ1n) is 21.7. The average molecular weight is 742 g/mol. The number of aliphatic hydroxyl groups excluding tert-OH is 2. The minimum atomic E-state index is -0.739. The van der Waals surface area contributed by atoms with Crippen LogP contribution in [0.25, 0.3) is 0 Å². The van der Waals surface area contributed by atoms with Gasteiger partial charge < -0.3 is 29.7 Å². The Bertz CT molecular complexity index is 1830. The molecular formula is C45H61N2O7+. The fourth-order valence-electron chi connectivity index (χ4n) is 17.6. The van der Waals surface area contributed by atoms with Crippen LogP contribution in [0.5, 0.6) is 0 Å². The topological polar surface area (TPSA) is 117 Å². The predicted molar refractivity (Wildman–Crippen MR) is 201 cm³/mol. The SMILES string of the molecule is CC[C@@H]1[C@H]2C[C@H]3[C@H]4N(C)c5ccccc5[C@@]45C[C@@H]([C@@H]2[C@@H]5O)[N@@+]3(CC(=O)O[C@H]2CC[C@@]3(C)[C@@H](CC[C@H]4[C@H]3CC[C@]3(C)[C@H](C5=CC(=O)OC5)CC[C@]43O)C2)[C@@H]1O. The van der Waals surface area contributed by atoms with E-state index >= 15 is 0 Å². The molecule has 0 radical (unpaired) electrons. The van der Waals surface area contributed by atoms with Gasteiger partial charge in [0.25, 0.3) is 0 Å². The van der Waals surface area contributed by atoms with Gasteiger partial charge in [0.05, 0.1) is 29.2 Å². The highest BCUT2D eigenvalue weighted by atomic mass is 16.5. The minimum Gasteiger partial charge on any atom is -0.458 e. The molecule has 9 nitrogen and oxygen atoms in total. The predicted octanol–water partition coefficient (Wildman–Crippen LogP) is 5.24. The summed E-state index contributed by atoms with van der Waals surface area (Å²) in [6.07, 6.45) is 11.5. The Hall–Kier alpha value is -2.46. The van der Waals surface area contributed by atoms with E-state index in [0.29, 0.717) is 22.9 Å². The zero-order valence-corrected chi connectivity index (χ0v) is 32.7. The lowest BCUT2D eigenvalue weighted by molar-refractivity contribution is -1.03.